The Labute approximate surface area is 110 Å². The number of aldehydes is 1. The van der Waals surface area contributed by atoms with Crippen molar-refractivity contribution in [3.63, 3.8) is 0 Å². The lowest BCUT2D eigenvalue weighted by Gasteiger charge is -2.01. The minimum absolute atomic E-state index is 0.0751. The van der Waals surface area contributed by atoms with Crippen LogP contribution in [0.15, 0.2) is 39.6 Å². The van der Waals surface area contributed by atoms with Crippen LogP contribution in [-0.4, -0.2) is 10.5 Å². The van der Waals surface area contributed by atoms with Gasteiger partial charge in [-0.15, -0.1) is 0 Å². The number of benzene rings is 1. The summed E-state index contributed by atoms with van der Waals surface area (Å²) in [6, 6.07) is 6.95. The lowest BCUT2D eigenvalue weighted by Crippen LogP contribution is -1.96. The monoisotopic (exact) mass is 286 g/mol. The molecule has 0 bridgehead atoms. The Morgan fingerprint density at radius 1 is 1.33 bits per heavy atom. The quantitative estimate of drug-likeness (QED) is 0.811. The summed E-state index contributed by atoms with van der Waals surface area (Å²) in [7, 11) is -1.40. The van der Waals surface area contributed by atoms with Gasteiger partial charge in [-0.25, -0.2) is 4.39 Å². The molecule has 18 heavy (non-hydrogen) atoms. The van der Waals surface area contributed by atoms with Gasteiger partial charge < -0.3 is 4.42 Å². The number of hydrogen-bond acceptors (Lipinski definition) is 3. The van der Waals surface area contributed by atoms with Crippen molar-refractivity contribution in [1.82, 2.24) is 0 Å². The van der Waals surface area contributed by atoms with Crippen molar-refractivity contribution in [2.75, 3.05) is 0 Å². The van der Waals surface area contributed by atoms with Crippen LogP contribution < -0.4 is 0 Å². The SMILES string of the molecule is O=Cc1ccc(CS(=O)c2ccc(F)c(Cl)c2)o1. The van der Waals surface area contributed by atoms with Crippen molar-refractivity contribution in [3.8, 4) is 0 Å². The molecule has 0 spiro atoms. The van der Waals surface area contributed by atoms with Crippen molar-refractivity contribution < 1.29 is 17.8 Å². The largest absolute Gasteiger partial charge is 0.457 e. The fourth-order valence-electron chi connectivity index (χ4n) is 1.37. The molecule has 0 radical (unpaired) electrons. The van der Waals surface area contributed by atoms with Gasteiger partial charge >= 0.3 is 0 Å². The molecule has 1 aromatic heterocycles. The van der Waals surface area contributed by atoms with E-state index in [1.165, 1.54) is 18.2 Å². The molecule has 0 saturated heterocycles. The van der Waals surface area contributed by atoms with Crippen molar-refractivity contribution in [1.29, 1.82) is 0 Å². The van der Waals surface area contributed by atoms with Gasteiger partial charge in [-0.3, -0.25) is 9.00 Å². The number of carbonyl (C=O) groups excluding carboxylic acids is 1. The maximum atomic E-state index is 12.9. The molecule has 0 saturated carbocycles. The molecule has 6 heteroatoms. The Hall–Kier alpha value is -1.46. The summed E-state index contributed by atoms with van der Waals surface area (Å²) in [5.41, 5.74) is 0. The van der Waals surface area contributed by atoms with E-state index in [9.17, 15) is 13.4 Å². The highest BCUT2D eigenvalue weighted by Crippen LogP contribution is 2.20. The van der Waals surface area contributed by atoms with Crippen molar-refractivity contribution in [2.45, 2.75) is 10.6 Å². The Morgan fingerprint density at radius 3 is 2.72 bits per heavy atom. The Kier molecular flexibility index (Phi) is 3.93. The van der Waals surface area contributed by atoms with Crippen LogP contribution in [-0.2, 0) is 16.6 Å². The standard InChI is InChI=1S/C12H8ClFO3S/c13-11-5-10(3-4-12(11)14)18(16)7-9-2-1-8(6-15)17-9/h1-6H,7H2. The smallest absolute Gasteiger partial charge is 0.185 e. The molecule has 3 nitrogen and oxygen atoms in total. The highest BCUT2D eigenvalue weighted by atomic mass is 35.5. The highest BCUT2D eigenvalue weighted by molar-refractivity contribution is 7.84. The van der Waals surface area contributed by atoms with Crippen LogP contribution in [0.2, 0.25) is 5.02 Å². The zero-order valence-corrected chi connectivity index (χ0v) is 10.6. The highest BCUT2D eigenvalue weighted by Gasteiger charge is 2.10. The summed E-state index contributed by atoms with van der Waals surface area (Å²) in [6.45, 7) is 0. The van der Waals surface area contributed by atoms with Gasteiger partial charge in [0.1, 0.15) is 11.6 Å². The summed E-state index contributed by atoms with van der Waals surface area (Å²) < 4.78 is 30.0. The molecule has 0 fully saturated rings. The minimum Gasteiger partial charge on any atom is -0.457 e. The maximum absolute atomic E-state index is 12.9. The fraction of sp³-hybridized carbons (Fsp3) is 0.0833. The molecule has 2 rings (SSSR count). The first kappa shape index (κ1) is 13.0. The van der Waals surface area contributed by atoms with E-state index >= 15 is 0 Å². The van der Waals surface area contributed by atoms with Crippen LogP contribution >= 0.6 is 11.6 Å². The topological polar surface area (TPSA) is 47.3 Å². The van der Waals surface area contributed by atoms with Gasteiger partial charge in [0.15, 0.2) is 12.0 Å². The molecule has 0 N–H and O–H groups in total. The molecule has 1 unspecified atom stereocenters. The Bertz CT molecular complexity index is 609. The minimum atomic E-state index is -1.40. The Morgan fingerprint density at radius 2 is 2.11 bits per heavy atom. The number of hydrogen-bond donors (Lipinski definition) is 0. The van der Waals surface area contributed by atoms with Gasteiger partial charge in [-0.05, 0) is 30.3 Å². The first-order chi connectivity index (χ1) is 8.60. The third kappa shape index (κ3) is 2.86. The number of furan rings is 1. The van der Waals surface area contributed by atoms with Crippen LogP contribution in [0, 0.1) is 5.82 Å². The van der Waals surface area contributed by atoms with Gasteiger partial charge in [0.25, 0.3) is 0 Å². The van der Waals surface area contributed by atoms with Crippen molar-refractivity contribution in [2.24, 2.45) is 0 Å². The van der Waals surface area contributed by atoms with Crippen LogP contribution in [0.4, 0.5) is 4.39 Å². The summed E-state index contributed by atoms with van der Waals surface area (Å²) in [6.07, 6.45) is 0.571. The van der Waals surface area contributed by atoms with Gasteiger partial charge in [0, 0.05) is 4.90 Å². The Balaban J connectivity index is 2.16. The molecule has 0 aliphatic carbocycles. The van der Waals surface area contributed by atoms with Gasteiger partial charge in [-0.2, -0.15) is 0 Å². The van der Waals surface area contributed by atoms with E-state index in [4.69, 9.17) is 16.0 Å². The first-order valence-corrected chi connectivity index (χ1v) is 6.67. The summed E-state index contributed by atoms with van der Waals surface area (Å²) in [5.74, 6) is 0.157. The molecular weight excluding hydrogens is 279 g/mol. The maximum Gasteiger partial charge on any atom is 0.185 e. The molecule has 1 atom stereocenters. The van der Waals surface area contributed by atoms with E-state index in [0.717, 1.165) is 6.07 Å². The number of carbonyl (C=O) groups is 1. The first-order valence-electron chi connectivity index (χ1n) is 4.97. The van der Waals surface area contributed by atoms with E-state index in [1.807, 2.05) is 0 Å². The molecule has 1 heterocycles. The molecule has 0 aliphatic heterocycles. The molecule has 1 aromatic carbocycles. The summed E-state index contributed by atoms with van der Waals surface area (Å²) in [5, 5.41) is -0.0751. The summed E-state index contributed by atoms with van der Waals surface area (Å²) >= 11 is 5.61. The third-order valence-electron chi connectivity index (χ3n) is 2.23. The van der Waals surface area contributed by atoms with Crippen LogP contribution in [0.1, 0.15) is 16.3 Å². The van der Waals surface area contributed by atoms with E-state index in [-0.39, 0.29) is 16.5 Å². The summed E-state index contributed by atoms with van der Waals surface area (Å²) in [4.78, 5) is 10.8. The average molecular weight is 287 g/mol. The predicted octanol–water partition coefficient (Wildman–Crippen LogP) is 3.19. The lowest BCUT2D eigenvalue weighted by molar-refractivity contribution is 0.109. The van der Waals surface area contributed by atoms with E-state index < -0.39 is 16.6 Å². The second-order valence-corrected chi connectivity index (χ2v) is 5.35. The van der Waals surface area contributed by atoms with Crippen LogP contribution in [0.25, 0.3) is 0 Å². The van der Waals surface area contributed by atoms with Crippen LogP contribution in [0.3, 0.4) is 0 Å². The van der Waals surface area contributed by atoms with E-state index in [0.29, 0.717) is 16.9 Å². The average Bonchev–Trinajstić information content (AvgIpc) is 2.80. The van der Waals surface area contributed by atoms with E-state index in [1.54, 1.807) is 6.07 Å². The molecule has 94 valence electrons. The van der Waals surface area contributed by atoms with Gasteiger partial charge in [-0.1, -0.05) is 11.6 Å². The van der Waals surface area contributed by atoms with Gasteiger partial charge in [0.05, 0.1) is 21.6 Å². The predicted molar refractivity (Wildman–Crippen MR) is 65.6 cm³/mol. The third-order valence-corrected chi connectivity index (χ3v) is 3.84. The molecular formula is C12H8ClFO3S. The van der Waals surface area contributed by atoms with Crippen molar-refractivity contribution in [3.05, 3.63) is 52.7 Å². The van der Waals surface area contributed by atoms with Crippen LogP contribution in [0.5, 0.6) is 0 Å². The fourth-order valence-corrected chi connectivity index (χ4v) is 2.66. The number of halogens is 2. The van der Waals surface area contributed by atoms with Crippen molar-refractivity contribution >= 4 is 28.7 Å². The van der Waals surface area contributed by atoms with E-state index in [2.05, 4.69) is 0 Å². The lowest BCUT2D eigenvalue weighted by atomic mass is 10.3. The zero-order chi connectivity index (χ0) is 13.1. The second-order valence-electron chi connectivity index (χ2n) is 3.49. The van der Waals surface area contributed by atoms with Gasteiger partial charge in [0.2, 0.25) is 0 Å². The second kappa shape index (κ2) is 5.46. The zero-order valence-electron chi connectivity index (χ0n) is 9.06. The number of rotatable bonds is 4. The molecule has 0 aliphatic rings. The molecule has 0 amide bonds. The normalized spacial score (nSPS) is 12.3. The molecule has 2 aromatic rings.